The van der Waals surface area contributed by atoms with Crippen molar-refractivity contribution in [2.45, 2.75) is 25.0 Å². The number of thioether (sulfide) groups is 1. The van der Waals surface area contributed by atoms with E-state index in [1.54, 1.807) is 18.2 Å². The molecular formula is C12H13NO3S. The van der Waals surface area contributed by atoms with Crippen molar-refractivity contribution in [3.63, 3.8) is 0 Å². The zero-order valence-electron chi connectivity index (χ0n) is 9.52. The molecule has 0 radical (unpaired) electrons. The highest BCUT2D eigenvalue weighted by atomic mass is 32.2. The summed E-state index contributed by atoms with van der Waals surface area (Å²) < 4.78 is 0. The van der Waals surface area contributed by atoms with Gasteiger partial charge in [-0.1, -0.05) is 17.8 Å². The van der Waals surface area contributed by atoms with Crippen LogP contribution in [0.2, 0.25) is 0 Å². The molecule has 1 aromatic rings. The van der Waals surface area contributed by atoms with Crippen LogP contribution in [-0.2, 0) is 0 Å². The predicted octanol–water partition coefficient (Wildman–Crippen LogP) is 1.76. The van der Waals surface area contributed by atoms with Crippen LogP contribution in [0.25, 0.3) is 0 Å². The number of aliphatic hydroxyl groups excluding tert-OH is 1. The Morgan fingerprint density at radius 2 is 2.00 bits per heavy atom. The lowest BCUT2D eigenvalue weighted by Gasteiger charge is -2.08. The number of carbonyl (C=O) groups excluding carboxylic acids is 1. The van der Waals surface area contributed by atoms with Gasteiger partial charge in [-0.25, -0.2) is 0 Å². The summed E-state index contributed by atoms with van der Waals surface area (Å²) in [6, 6.07) is 4.78. The first-order chi connectivity index (χ1) is 7.99. The molecule has 4 nitrogen and oxygen atoms in total. The molecule has 0 saturated heterocycles. The summed E-state index contributed by atoms with van der Waals surface area (Å²) in [4.78, 5) is 13.6. The molecule has 0 spiro atoms. The van der Waals surface area contributed by atoms with Gasteiger partial charge in [0.15, 0.2) is 6.29 Å². The molecule has 1 aliphatic heterocycles. The molecule has 0 fully saturated rings. The first-order valence-corrected chi connectivity index (χ1v) is 5.97. The fraction of sp³-hybridized carbons (Fsp3) is 0.250. The quantitative estimate of drug-likeness (QED) is 0.665. The number of aliphatic hydroxyl groups is 2. The third-order valence-electron chi connectivity index (χ3n) is 2.64. The molecule has 1 amide bonds. The van der Waals surface area contributed by atoms with Crippen molar-refractivity contribution in [2.24, 2.45) is 0 Å². The van der Waals surface area contributed by atoms with Crippen LogP contribution in [0, 0.1) is 0 Å². The Morgan fingerprint density at radius 3 is 2.65 bits per heavy atom. The standard InChI is InChI=1S/C12H13NO3S/c1-6-7(2)17-10-5-8(12(15)16)3-4-9(10)11(14)13-6/h3-5,12,15-16H,1-2H3,(H,13,14). The number of fused-ring (bicyclic) bond motifs is 1. The lowest BCUT2D eigenvalue weighted by Crippen LogP contribution is -2.21. The summed E-state index contributed by atoms with van der Waals surface area (Å²) in [6.07, 6.45) is -1.52. The normalized spacial score (nSPS) is 15.7. The number of amides is 1. The largest absolute Gasteiger partial charge is 0.364 e. The van der Waals surface area contributed by atoms with Crippen LogP contribution in [0.1, 0.15) is 36.1 Å². The maximum Gasteiger partial charge on any atom is 0.256 e. The van der Waals surface area contributed by atoms with Crippen LogP contribution in [-0.4, -0.2) is 16.1 Å². The van der Waals surface area contributed by atoms with E-state index in [2.05, 4.69) is 5.32 Å². The molecule has 17 heavy (non-hydrogen) atoms. The van der Waals surface area contributed by atoms with Gasteiger partial charge >= 0.3 is 0 Å². The number of carbonyl (C=O) groups is 1. The van der Waals surface area contributed by atoms with Crippen molar-refractivity contribution >= 4 is 17.7 Å². The highest BCUT2D eigenvalue weighted by molar-refractivity contribution is 8.03. The molecule has 3 N–H and O–H groups in total. The maximum absolute atomic E-state index is 11.9. The molecule has 2 rings (SSSR count). The van der Waals surface area contributed by atoms with E-state index in [9.17, 15) is 4.79 Å². The second-order valence-corrected chi connectivity index (χ2v) is 5.12. The Balaban J connectivity index is 2.51. The van der Waals surface area contributed by atoms with Gasteiger partial charge in [-0.05, 0) is 26.0 Å². The van der Waals surface area contributed by atoms with Crippen molar-refractivity contribution in [3.8, 4) is 0 Å². The number of rotatable bonds is 1. The van der Waals surface area contributed by atoms with E-state index in [1.165, 1.54) is 11.8 Å². The van der Waals surface area contributed by atoms with Gasteiger partial charge in [-0.15, -0.1) is 0 Å². The molecule has 0 bridgehead atoms. The van der Waals surface area contributed by atoms with Gasteiger partial charge in [-0.2, -0.15) is 0 Å². The van der Waals surface area contributed by atoms with Crippen LogP contribution in [0.4, 0.5) is 0 Å². The summed E-state index contributed by atoms with van der Waals surface area (Å²) in [7, 11) is 0. The van der Waals surface area contributed by atoms with Crippen LogP contribution in [0.3, 0.4) is 0 Å². The van der Waals surface area contributed by atoms with E-state index in [4.69, 9.17) is 10.2 Å². The number of benzene rings is 1. The third kappa shape index (κ3) is 2.36. The lowest BCUT2D eigenvalue weighted by molar-refractivity contribution is -0.0426. The van der Waals surface area contributed by atoms with Gasteiger partial charge in [0.1, 0.15) is 0 Å². The highest BCUT2D eigenvalue weighted by Crippen LogP contribution is 2.34. The monoisotopic (exact) mass is 251 g/mol. The van der Waals surface area contributed by atoms with E-state index >= 15 is 0 Å². The van der Waals surface area contributed by atoms with Crippen LogP contribution >= 0.6 is 11.8 Å². The summed E-state index contributed by atoms with van der Waals surface area (Å²) in [6.45, 7) is 3.76. The zero-order chi connectivity index (χ0) is 12.6. The maximum atomic E-state index is 11.9. The molecular weight excluding hydrogens is 238 g/mol. The van der Waals surface area contributed by atoms with E-state index in [0.29, 0.717) is 11.1 Å². The Hall–Kier alpha value is -1.30. The van der Waals surface area contributed by atoms with E-state index in [0.717, 1.165) is 15.5 Å². The predicted molar refractivity (Wildman–Crippen MR) is 65.3 cm³/mol. The SMILES string of the molecule is CC1=C(C)Sc2cc(C(O)O)ccc2C(=O)N1. The molecule has 0 aromatic heterocycles. The molecule has 5 heteroatoms. The van der Waals surface area contributed by atoms with Crippen molar-refractivity contribution in [1.29, 1.82) is 0 Å². The molecule has 0 saturated carbocycles. The molecule has 1 heterocycles. The van der Waals surface area contributed by atoms with Gasteiger partial charge in [0.05, 0.1) is 5.56 Å². The minimum Gasteiger partial charge on any atom is -0.364 e. The minimum atomic E-state index is -1.52. The molecule has 1 aliphatic rings. The van der Waals surface area contributed by atoms with Crippen molar-refractivity contribution in [2.75, 3.05) is 0 Å². The van der Waals surface area contributed by atoms with Gasteiger partial charge in [0, 0.05) is 21.1 Å². The van der Waals surface area contributed by atoms with Gasteiger partial charge in [-0.3, -0.25) is 4.79 Å². The summed E-state index contributed by atoms with van der Waals surface area (Å²) in [5.74, 6) is -0.166. The second kappa shape index (κ2) is 4.52. The highest BCUT2D eigenvalue weighted by Gasteiger charge is 2.19. The number of hydrogen-bond acceptors (Lipinski definition) is 4. The Labute approximate surface area is 103 Å². The van der Waals surface area contributed by atoms with Crippen LogP contribution in [0.5, 0.6) is 0 Å². The first kappa shape index (κ1) is 12.2. The summed E-state index contributed by atoms with van der Waals surface area (Å²) >= 11 is 1.45. The van der Waals surface area contributed by atoms with E-state index in [1.807, 2.05) is 13.8 Å². The van der Waals surface area contributed by atoms with E-state index < -0.39 is 6.29 Å². The second-order valence-electron chi connectivity index (χ2n) is 3.87. The number of nitrogens with one attached hydrogen (secondary N) is 1. The average molecular weight is 251 g/mol. The third-order valence-corrected chi connectivity index (χ3v) is 3.81. The molecule has 0 unspecified atom stereocenters. The summed E-state index contributed by atoms with van der Waals surface area (Å²) in [5, 5.41) is 21.0. The van der Waals surface area contributed by atoms with Crippen molar-refractivity contribution in [3.05, 3.63) is 39.9 Å². The first-order valence-electron chi connectivity index (χ1n) is 5.16. The van der Waals surface area contributed by atoms with E-state index in [-0.39, 0.29) is 5.91 Å². The molecule has 0 aliphatic carbocycles. The topological polar surface area (TPSA) is 69.6 Å². The summed E-state index contributed by atoms with van der Waals surface area (Å²) in [5.41, 5.74) is 1.76. The number of allylic oxidation sites excluding steroid dienone is 2. The van der Waals surface area contributed by atoms with Gasteiger partial charge in [0.25, 0.3) is 5.91 Å². The van der Waals surface area contributed by atoms with Crippen molar-refractivity contribution in [1.82, 2.24) is 5.32 Å². The Kier molecular flexibility index (Phi) is 3.24. The Morgan fingerprint density at radius 1 is 1.29 bits per heavy atom. The van der Waals surface area contributed by atoms with Crippen LogP contribution in [0.15, 0.2) is 33.7 Å². The smallest absolute Gasteiger partial charge is 0.256 e. The number of hydrogen-bond donors (Lipinski definition) is 3. The molecule has 0 atom stereocenters. The zero-order valence-corrected chi connectivity index (χ0v) is 10.3. The van der Waals surface area contributed by atoms with Crippen LogP contribution < -0.4 is 5.32 Å². The van der Waals surface area contributed by atoms with Crippen molar-refractivity contribution < 1.29 is 15.0 Å². The lowest BCUT2D eigenvalue weighted by atomic mass is 10.1. The fourth-order valence-corrected chi connectivity index (χ4v) is 2.54. The minimum absolute atomic E-state index is 0.166. The van der Waals surface area contributed by atoms with Gasteiger partial charge in [0.2, 0.25) is 0 Å². The Bertz CT molecular complexity index is 508. The fourth-order valence-electron chi connectivity index (χ4n) is 1.54. The average Bonchev–Trinajstić information content (AvgIpc) is 2.37. The molecule has 90 valence electrons. The van der Waals surface area contributed by atoms with Gasteiger partial charge < -0.3 is 15.5 Å². The molecule has 1 aromatic carbocycles.